The predicted octanol–water partition coefficient (Wildman–Crippen LogP) is 4.17. The van der Waals surface area contributed by atoms with Gasteiger partial charge in [-0.3, -0.25) is 10.1 Å². The Morgan fingerprint density at radius 2 is 1.76 bits per heavy atom. The third kappa shape index (κ3) is 5.28. The van der Waals surface area contributed by atoms with E-state index in [9.17, 15) is 4.79 Å². The van der Waals surface area contributed by atoms with Crippen LogP contribution in [0.3, 0.4) is 0 Å². The molecule has 0 radical (unpaired) electrons. The van der Waals surface area contributed by atoms with Crippen molar-refractivity contribution in [1.29, 1.82) is 0 Å². The molecular weight excluding hydrogens is 260 g/mol. The van der Waals surface area contributed by atoms with Gasteiger partial charge in [0.05, 0.1) is 12.2 Å². The first-order chi connectivity index (χ1) is 9.88. The van der Waals surface area contributed by atoms with Crippen LogP contribution in [0.1, 0.15) is 80.1 Å². The molecule has 3 heteroatoms. The second kappa shape index (κ2) is 8.77. The van der Waals surface area contributed by atoms with Crippen molar-refractivity contribution in [1.82, 2.24) is 10.2 Å². The number of rotatable bonds is 9. The molecule has 3 nitrogen and oxygen atoms in total. The van der Waals surface area contributed by atoms with Crippen molar-refractivity contribution < 1.29 is 4.79 Å². The van der Waals surface area contributed by atoms with Gasteiger partial charge in [0.2, 0.25) is 5.91 Å². The summed E-state index contributed by atoms with van der Waals surface area (Å²) >= 11 is 0. The Hall–Kier alpha value is -0.570. The van der Waals surface area contributed by atoms with E-state index in [4.69, 9.17) is 0 Å². The van der Waals surface area contributed by atoms with Crippen LogP contribution in [0.15, 0.2) is 0 Å². The Balaban J connectivity index is 2.64. The van der Waals surface area contributed by atoms with Crippen LogP contribution in [0, 0.1) is 11.8 Å². The number of amides is 1. The van der Waals surface area contributed by atoms with Gasteiger partial charge < -0.3 is 4.90 Å². The first kappa shape index (κ1) is 18.5. The number of hydrogen-bond donors (Lipinski definition) is 1. The summed E-state index contributed by atoms with van der Waals surface area (Å²) in [5, 5.41) is 3.58. The molecule has 124 valence electrons. The van der Waals surface area contributed by atoms with Gasteiger partial charge in [0.25, 0.3) is 0 Å². The summed E-state index contributed by atoms with van der Waals surface area (Å²) in [6.07, 6.45) is 7.39. The van der Waals surface area contributed by atoms with Gasteiger partial charge in [0.1, 0.15) is 0 Å². The minimum atomic E-state index is 0.0236. The summed E-state index contributed by atoms with van der Waals surface area (Å²) < 4.78 is 0. The lowest BCUT2D eigenvalue weighted by atomic mass is 10.0. The van der Waals surface area contributed by atoms with Crippen LogP contribution >= 0.6 is 0 Å². The van der Waals surface area contributed by atoms with Gasteiger partial charge in [-0.2, -0.15) is 0 Å². The zero-order valence-corrected chi connectivity index (χ0v) is 15.0. The number of nitrogens with zero attached hydrogens (tertiary/aromatic N) is 1. The zero-order chi connectivity index (χ0) is 16.0. The fourth-order valence-corrected chi connectivity index (χ4v) is 3.33. The summed E-state index contributed by atoms with van der Waals surface area (Å²) in [7, 11) is 0. The van der Waals surface area contributed by atoms with E-state index in [1.165, 1.54) is 25.7 Å². The highest BCUT2D eigenvalue weighted by Gasteiger charge is 2.42. The molecule has 3 atom stereocenters. The summed E-state index contributed by atoms with van der Waals surface area (Å²) in [6, 6.07) is 0.377. The molecule has 0 aromatic rings. The smallest absolute Gasteiger partial charge is 0.241 e. The first-order valence-corrected chi connectivity index (χ1v) is 8.96. The van der Waals surface area contributed by atoms with Gasteiger partial charge in [-0.25, -0.2) is 0 Å². The van der Waals surface area contributed by atoms with Gasteiger partial charge in [-0.05, 0) is 31.6 Å². The van der Waals surface area contributed by atoms with E-state index < -0.39 is 0 Å². The molecule has 0 saturated carbocycles. The second-order valence-corrected chi connectivity index (χ2v) is 7.48. The van der Waals surface area contributed by atoms with E-state index in [2.05, 4.69) is 51.8 Å². The number of carbonyl (C=O) groups is 1. The van der Waals surface area contributed by atoms with Gasteiger partial charge in [-0.1, -0.05) is 60.3 Å². The molecule has 1 saturated heterocycles. The molecule has 1 aliphatic heterocycles. The van der Waals surface area contributed by atoms with Crippen LogP contribution in [0.2, 0.25) is 0 Å². The lowest BCUT2D eigenvalue weighted by Gasteiger charge is -2.32. The molecule has 1 heterocycles. The van der Waals surface area contributed by atoms with Crippen molar-refractivity contribution in [2.24, 2.45) is 11.8 Å². The highest BCUT2D eigenvalue weighted by molar-refractivity contribution is 5.84. The Bertz CT molecular complexity index is 314. The first-order valence-electron chi connectivity index (χ1n) is 8.96. The molecule has 1 aliphatic rings. The third-order valence-electron chi connectivity index (χ3n) is 4.51. The normalized spacial score (nSPS) is 24.4. The lowest BCUT2D eigenvalue weighted by molar-refractivity contribution is -0.133. The highest BCUT2D eigenvalue weighted by Crippen LogP contribution is 2.25. The summed E-state index contributed by atoms with van der Waals surface area (Å²) in [6.45, 7) is 13.3. The zero-order valence-electron chi connectivity index (χ0n) is 15.0. The maximum atomic E-state index is 12.7. The van der Waals surface area contributed by atoms with E-state index in [1.807, 2.05) is 0 Å². The predicted molar refractivity (Wildman–Crippen MR) is 90.1 cm³/mol. The quantitative estimate of drug-likeness (QED) is 0.648. The monoisotopic (exact) mass is 296 g/mol. The molecule has 3 unspecified atom stereocenters. The summed E-state index contributed by atoms with van der Waals surface area (Å²) in [4.78, 5) is 14.9. The maximum absolute atomic E-state index is 12.7. The van der Waals surface area contributed by atoms with Crippen LogP contribution in [-0.2, 0) is 4.79 Å². The van der Waals surface area contributed by atoms with Gasteiger partial charge in [0.15, 0.2) is 0 Å². The van der Waals surface area contributed by atoms with Crippen LogP contribution in [-0.4, -0.2) is 29.1 Å². The van der Waals surface area contributed by atoms with Crippen molar-refractivity contribution in [2.75, 3.05) is 0 Å². The van der Waals surface area contributed by atoms with Crippen LogP contribution in [0.4, 0.5) is 0 Å². The Labute approximate surface area is 131 Å². The number of hydrogen-bond acceptors (Lipinski definition) is 2. The third-order valence-corrected chi connectivity index (χ3v) is 4.51. The molecule has 0 bridgehead atoms. The van der Waals surface area contributed by atoms with Crippen molar-refractivity contribution in [2.45, 2.75) is 98.3 Å². The molecule has 1 N–H and O–H groups in total. The molecule has 0 spiro atoms. The molecule has 1 rings (SSSR count). The topological polar surface area (TPSA) is 32.3 Å². The van der Waals surface area contributed by atoms with Crippen molar-refractivity contribution in [3.05, 3.63) is 0 Å². The van der Waals surface area contributed by atoms with E-state index in [-0.39, 0.29) is 12.2 Å². The fourth-order valence-electron chi connectivity index (χ4n) is 3.33. The lowest BCUT2D eigenvalue weighted by Crippen LogP contribution is -2.46. The minimum absolute atomic E-state index is 0.0236. The Morgan fingerprint density at radius 1 is 1.10 bits per heavy atom. The van der Waals surface area contributed by atoms with Crippen molar-refractivity contribution in [3.63, 3.8) is 0 Å². The molecule has 0 aromatic carbocycles. The second-order valence-electron chi connectivity index (χ2n) is 7.48. The van der Waals surface area contributed by atoms with Crippen LogP contribution in [0.5, 0.6) is 0 Å². The van der Waals surface area contributed by atoms with E-state index in [0.29, 0.717) is 23.8 Å². The largest absolute Gasteiger partial charge is 0.323 e. The number of carbonyl (C=O) groups excluding carboxylic acids is 1. The highest BCUT2D eigenvalue weighted by atomic mass is 16.2. The van der Waals surface area contributed by atoms with Gasteiger partial charge in [-0.15, -0.1) is 0 Å². The molecule has 1 amide bonds. The van der Waals surface area contributed by atoms with Gasteiger partial charge in [0, 0.05) is 6.04 Å². The summed E-state index contributed by atoms with van der Waals surface area (Å²) in [5.41, 5.74) is 0. The maximum Gasteiger partial charge on any atom is 0.241 e. The minimum Gasteiger partial charge on any atom is -0.323 e. The number of unbranched alkanes of at least 4 members (excludes halogenated alkanes) is 3. The van der Waals surface area contributed by atoms with E-state index in [1.54, 1.807) is 0 Å². The Morgan fingerprint density at radius 3 is 2.29 bits per heavy atom. The van der Waals surface area contributed by atoms with E-state index in [0.717, 1.165) is 12.8 Å². The Kier molecular flexibility index (Phi) is 7.72. The standard InChI is InChI=1S/C18H36N2O/c1-7-8-9-10-11-15(6)20-17(14(4)5)19-16(18(20)21)12-13(2)3/h13-17,19H,7-12H2,1-6H3. The van der Waals surface area contributed by atoms with Crippen LogP contribution in [0.25, 0.3) is 0 Å². The fraction of sp³-hybridized carbons (Fsp3) is 0.944. The number of nitrogens with one attached hydrogen (secondary N) is 1. The van der Waals surface area contributed by atoms with Crippen molar-refractivity contribution in [3.8, 4) is 0 Å². The summed E-state index contributed by atoms with van der Waals surface area (Å²) in [5.74, 6) is 1.34. The SMILES string of the molecule is CCCCCCC(C)N1C(=O)C(CC(C)C)NC1C(C)C. The molecule has 0 aliphatic carbocycles. The van der Waals surface area contributed by atoms with Crippen molar-refractivity contribution >= 4 is 5.91 Å². The molecule has 21 heavy (non-hydrogen) atoms. The molecule has 0 aromatic heterocycles. The van der Waals surface area contributed by atoms with Gasteiger partial charge >= 0.3 is 0 Å². The van der Waals surface area contributed by atoms with Crippen LogP contribution < -0.4 is 5.32 Å². The molecule has 1 fully saturated rings. The average Bonchev–Trinajstić information content (AvgIpc) is 2.71. The molecular formula is C18H36N2O. The average molecular weight is 296 g/mol. The van der Waals surface area contributed by atoms with E-state index >= 15 is 0 Å².